The fourth-order valence-corrected chi connectivity index (χ4v) is 2.36. The molecule has 0 aliphatic heterocycles. The minimum Gasteiger partial charge on any atom is -0.496 e. The Morgan fingerprint density at radius 2 is 2.00 bits per heavy atom. The molecule has 0 spiro atoms. The highest BCUT2D eigenvalue weighted by Crippen LogP contribution is 2.27. The summed E-state index contributed by atoms with van der Waals surface area (Å²) in [5, 5.41) is 0.428. The molecule has 2 aromatic rings. The summed E-state index contributed by atoms with van der Waals surface area (Å²) in [7, 11) is 1.52. The van der Waals surface area contributed by atoms with Crippen molar-refractivity contribution in [3.8, 4) is 5.75 Å². The van der Waals surface area contributed by atoms with E-state index in [-0.39, 0.29) is 5.78 Å². The molecule has 3 nitrogen and oxygen atoms in total. The van der Waals surface area contributed by atoms with Crippen LogP contribution in [0.3, 0.4) is 0 Å². The van der Waals surface area contributed by atoms with E-state index >= 15 is 0 Å². The second-order valence-corrected chi connectivity index (χ2v) is 5.30. The molecular formula is C14H11BrClNO2. The van der Waals surface area contributed by atoms with E-state index in [1.54, 1.807) is 30.3 Å². The molecule has 98 valence electrons. The van der Waals surface area contributed by atoms with Crippen LogP contribution in [-0.4, -0.2) is 12.9 Å². The van der Waals surface area contributed by atoms with Crippen LogP contribution in [0.5, 0.6) is 5.75 Å². The Bertz CT molecular complexity index is 623. The number of hydrogen-bond acceptors (Lipinski definition) is 3. The molecule has 5 heteroatoms. The highest BCUT2D eigenvalue weighted by atomic mass is 79.9. The van der Waals surface area contributed by atoms with Crippen LogP contribution in [0.2, 0.25) is 5.02 Å². The van der Waals surface area contributed by atoms with Crippen molar-refractivity contribution >= 4 is 39.0 Å². The van der Waals surface area contributed by atoms with Gasteiger partial charge in [-0.15, -0.1) is 0 Å². The number of rotatable bonds is 3. The lowest BCUT2D eigenvalue weighted by Crippen LogP contribution is -2.05. The van der Waals surface area contributed by atoms with Crippen molar-refractivity contribution in [3.63, 3.8) is 0 Å². The molecule has 0 amide bonds. The topological polar surface area (TPSA) is 52.3 Å². The summed E-state index contributed by atoms with van der Waals surface area (Å²) in [4.78, 5) is 12.5. The van der Waals surface area contributed by atoms with E-state index in [0.29, 0.717) is 27.6 Å². The van der Waals surface area contributed by atoms with Crippen molar-refractivity contribution < 1.29 is 9.53 Å². The first kappa shape index (κ1) is 13.9. The van der Waals surface area contributed by atoms with Crippen molar-refractivity contribution in [3.05, 3.63) is 57.0 Å². The van der Waals surface area contributed by atoms with Gasteiger partial charge in [-0.3, -0.25) is 4.79 Å². The van der Waals surface area contributed by atoms with Crippen molar-refractivity contribution in [2.75, 3.05) is 12.8 Å². The van der Waals surface area contributed by atoms with Gasteiger partial charge in [-0.2, -0.15) is 0 Å². The van der Waals surface area contributed by atoms with Gasteiger partial charge in [0.05, 0.1) is 12.7 Å². The summed E-state index contributed by atoms with van der Waals surface area (Å²) in [6, 6.07) is 10.0. The smallest absolute Gasteiger partial charge is 0.196 e. The van der Waals surface area contributed by atoms with Crippen molar-refractivity contribution in [1.82, 2.24) is 0 Å². The average molecular weight is 341 g/mol. The van der Waals surface area contributed by atoms with Crippen molar-refractivity contribution in [1.29, 1.82) is 0 Å². The average Bonchev–Trinajstić information content (AvgIpc) is 2.36. The molecule has 0 saturated heterocycles. The van der Waals surface area contributed by atoms with E-state index in [4.69, 9.17) is 22.1 Å². The number of ether oxygens (including phenoxy) is 1. The van der Waals surface area contributed by atoms with Gasteiger partial charge in [0.15, 0.2) is 5.78 Å². The Morgan fingerprint density at radius 3 is 2.63 bits per heavy atom. The van der Waals surface area contributed by atoms with Crippen LogP contribution in [0, 0.1) is 0 Å². The van der Waals surface area contributed by atoms with Crippen LogP contribution in [0.15, 0.2) is 40.9 Å². The SMILES string of the molecule is COc1ccc(Br)cc1C(=O)c1cc(N)cc(Cl)c1. The maximum Gasteiger partial charge on any atom is 0.196 e. The highest BCUT2D eigenvalue weighted by molar-refractivity contribution is 9.10. The monoisotopic (exact) mass is 339 g/mol. The first-order valence-corrected chi connectivity index (χ1v) is 6.62. The molecule has 0 heterocycles. The van der Waals surface area contributed by atoms with Crippen molar-refractivity contribution in [2.24, 2.45) is 0 Å². The lowest BCUT2D eigenvalue weighted by atomic mass is 10.0. The van der Waals surface area contributed by atoms with Crippen LogP contribution in [-0.2, 0) is 0 Å². The Balaban J connectivity index is 2.52. The van der Waals surface area contributed by atoms with Crippen LogP contribution in [0.4, 0.5) is 5.69 Å². The fraction of sp³-hybridized carbons (Fsp3) is 0.0714. The minimum absolute atomic E-state index is 0.188. The number of carbonyl (C=O) groups excluding carboxylic acids is 1. The fourth-order valence-electron chi connectivity index (χ4n) is 1.76. The lowest BCUT2D eigenvalue weighted by molar-refractivity contribution is 0.103. The summed E-state index contributed by atoms with van der Waals surface area (Å²) in [6.07, 6.45) is 0. The summed E-state index contributed by atoms with van der Waals surface area (Å²) < 4.78 is 6.00. The van der Waals surface area contributed by atoms with Gasteiger partial charge in [-0.25, -0.2) is 0 Å². The summed E-state index contributed by atoms with van der Waals surface area (Å²) in [5.41, 5.74) is 7.04. The van der Waals surface area contributed by atoms with Crippen LogP contribution in [0.1, 0.15) is 15.9 Å². The molecule has 0 atom stereocenters. The molecule has 19 heavy (non-hydrogen) atoms. The number of benzene rings is 2. The predicted molar refractivity (Wildman–Crippen MR) is 80.0 cm³/mol. The summed E-state index contributed by atoms with van der Waals surface area (Å²) in [6.45, 7) is 0. The van der Waals surface area contributed by atoms with E-state index in [1.807, 2.05) is 6.07 Å². The maximum atomic E-state index is 12.5. The van der Waals surface area contributed by atoms with Crippen LogP contribution < -0.4 is 10.5 Å². The molecule has 2 rings (SSSR count). The van der Waals surface area contributed by atoms with Gasteiger partial charge in [0.25, 0.3) is 0 Å². The Hall–Kier alpha value is -1.52. The third kappa shape index (κ3) is 3.08. The molecule has 0 aliphatic rings. The number of nitrogen functional groups attached to an aromatic ring is 1. The molecule has 0 unspecified atom stereocenters. The molecular weight excluding hydrogens is 330 g/mol. The van der Waals surface area contributed by atoms with E-state index in [9.17, 15) is 4.79 Å². The van der Waals surface area contributed by atoms with Gasteiger partial charge >= 0.3 is 0 Å². The highest BCUT2D eigenvalue weighted by Gasteiger charge is 2.16. The van der Waals surface area contributed by atoms with Gasteiger partial charge in [-0.1, -0.05) is 27.5 Å². The zero-order valence-electron chi connectivity index (χ0n) is 10.1. The maximum absolute atomic E-state index is 12.5. The standard InChI is InChI=1S/C14H11BrClNO2/c1-19-13-3-2-9(15)6-12(13)14(18)8-4-10(16)7-11(17)5-8/h2-7H,17H2,1H3. The lowest BCUT2D eigenvalue weighted by Gasteiger charge is -2.09. The molecule has 2 aromatic carbocycles. The molecule has 0 saturated carbocycles. The van der Waals surface area contributed by atoms with E-state index in [0.717, 1.165) is 4.47 Å². The third-order valence-corrected chi connectivity index (χ3v) is 3.30. The Labute approximate surface area is 124 Å². The van der Waals surface area contributed by atoms with Crippen LogP contribution >= 0.6 is 27.5 Å². The number of nitrogens with two attached hydrogens (primary N) is 1. The molecule has 0 aromatic heterocycles. The van der Waals surface area contributed by atoms with E-state index in [2.05, 4.69) is 15.9 Å². The molecule has 0 aliphatic carbocycles. The minimum atomic E-state index is -0.188. The number of carbonyl (C=O) groups is 1. The van der Waals surface area contributed by atoms with Crippen molar-refractivity contribution in [2.45, 2.75) is 0 Å². The molecule has 2 N–H and O–H groups in total. The van der Waals surface area contributed by atoms with E-state index in [1.165, 1.54) is 7.11 Å². The second kappa shape index (κ2) is 5.63. The Kier molecular flexibility index (Phi) is 4.12. The van der Waals surface area contributed by atoms with Gasteiger partial charge in [0.2, 0.25) is 0 Å². The number of ketones is 1. The molecule has 0 fully saturated rings. The Morgan fingerprint density at radius 1 is 1.26 bits per heavy atom. The predicted octanol–water partition coefficient (Wildman–Crippen LogP) is 3.92. The number of methoxy groups -OCH3 is 1. The van der Waals surface area contributed by atoms with E-state index < -0.39 is 0 Å². The normalized spacial score (nSPS) is 10.3. The summed E-state index contributed by atoms with van der Waals surface area (Å²) >= 11 is 9.25. The van der Waals surface area contributed by atoms with Gasteiger partial charge in [0, 0.05) is 20.7 Å². The van der Waals surface area contributed by atoms with Gasteiger partial charge in [0.1, 0.15) is 5.75 Å². The number of hydrogen-bond donors (Lipinski definition) is 1. The zero-order chi connectivity index (χ0) is 14.0. The number of halogens is 2. The number of anilines is 1. The van der Waals surface area contributed by atoms with Gasteiger partial charge < -0.3 is 10.5 Å². The first-order chi connectivity index (χ1) is 9.01. The zero-order valence-corrected chi connectivity index (χ0v) is 12.5. The third-order valence-electron chi connectivity index (χ3n) is 2.59. The molecule has 0 radical (unpaired) electrons. The summed E-state index contributed by atoms with van der Waals surface area (Å²) in [5.74, 6) is 0.319. The first-order valence-electron chi connectivity index (χ1n) is 5.45. The largest absolute Gasteiger partial charge is 0.496 e. The molecule has 0 bridgehead atoms. The van der Waals surface area contributed by atoms with Crippen LogP contribution in [0.25, 0.3) is 0 Å². The second-order valence-electron chi connectivity index (χ2n) is 3.95. The quantitative estimate of drug-likeness (QED) is 0.680. The van der Waals surface area contributed by atoms with Gasteiger partial charge in [-0.05, 0) is 36.4 Å².